The van der Waals surface area contributed by atoms with Crippen molar-refractivity contribution in [3.05, 3.63) is 114 Å². The maximum absolute atomic E-state index is 13.6. The molecular formula is C35H41N2O2PS. The first-order valence-electron chi connectivity index (χ1n) is 14.6. The molecule has 6 heteroatoms. The Morgan fingerprint density at radius 1 is 0.780 bits per heavy atom. The van der Waals surface area contributed by atoms with Crippen molar-refractivity contribution < 1.29 is 9.35 Å². The normalized spacial score (nSPS) is 15.0. The second-order valence-corrected chi connectivity index (χ2v) is 17.0. The van der Waals surface area contributed by atoms with Crippen LogP contribution in [0.4, 0.5) is 5.69 Å². The second-order valence-electron chi connectivity index (χ2n) is 11.3. The van der Waals surface area contributed by atoms with Crippen LogP contribution < -0.4 is 15.5 Å². The van der Waals surface area contributed by atoms with Crippen LogP contribution >= 0.6 is 7.26 Å². The van der Waals surface area contributed by atoms with E-state index >= 15 is 0 Å². The van der Waals surface area contributed by atoms with Crippen molar-refractivity contribution >= 4 is 40.6 Å². The van der Waals surface area contributed by atoms with Gasteiger partial charge in [-0.3, -0.25) is 0 Å². The topological polar surface area (TPSA) is 46.6 Å². The Labute approximate surface area is 248 Å². The zero-order valence-corrected chi connectivity index (χ0v) is 26.2. The number of carbonyl (C=O) groups is 1. The molecule has 1 amide bonds. The zero-order chi connectivity index (χ0) is 28.8. The van der Waals surface area contributed by atoms with Crippen molar-refractivity contribution in [2.45, 2.75) is 36.5 Å². The molecule has 4 aromatic rings. The number of aryl methyl sites for hydroxylation is 2. The van der Waals surface area contributed by atoms with E-state index < -0.39 is 18.4 Å². The number of amides is 1. The molecule has 1 heterocycles. The molecule has 5 rings (SSSR count). The van der Waals surface area contributed by atoms with Gasteiger partial charge in [0.15, 0.2) is 0 Å². The number of piperazine rings is 1. The van der Waals surface area contributed by atoms with Gasteiger partial charge in [-0.25, -0.2) is 0 Å². The van der Waals surface area contributed by atoms with E-state index in [9.17, 15) is 9.35 Å². The fourth-order valence-electron chi connectivity index (χ4n) is 6.02. The maximum Gasteiger partial charge on any atom is 0.00481 e. The second kappa shape index (κ2) is 13.2. The first-order chi connectivity index (χ1) is 19.9. The number of carbonyl (C=O) groups excluding carboxylic acids is 1. The van der Waals surface area contributed by atoms with Gasteiger partial charge >= 0.3 is 206 Å². The van der Waals surface area contributed by atoms with Crippen LogP contribution in [0.5, 0.6) is 0 Å². The number of hydrogen-bond donors (Lipinski definition) is 0. The molecule has 4 nitrogen and oxygen atoms in total. The van der Waals surface area contributed by atoms with Crippen molar-refractivity contribution in [2.24, 2.45) is 0 Å². The minimum Gasteiger partial charge on any atom is -0.0514 e. The molecule has 0 aromatic heterocycles. The van der Waals surface area contributed by atoms with Crippen molar-refractivity contribution in [1.29, 1.82) is 0 Å². The SMILES string of the molecule is Cc1ccc([S+]([O-])c2ccccc2N2CCN(C(=O)CCC[PH](C)(c3ccccc3)c3ccccc3)CC2)c(C)c1. The first-order valence-corrected chi connectivity index (χ1v) is 18.4. The standard InChI is InChI=1S/C35H41N2O2PS/c1-28-20-21-33(29(2)27-28)41(39)34-18-11-10-17-32(34)36-22-24-37(25-23-36)35(38)19-12-26-40(3,30-13-6-4-7-14-30)31-15-8-5-9-16-31/h4-11,13-18,20-21,27,40H,12,19,22-26H2,1-3H3. The number of para-hydroxylation sites is 1. The zero-order valence-electron chi connectivity index (χ0n) is 24.4. The van der Waals surface area contributed by atoms with E-state index in [1.54, 1.807) is 0 Å². The van der Waals surface area contributed by atoms with Gasteiger partial charge in [0, 0.05) is 5.56 Å². The van der Waals surface area contributed by atoms with Crippen LogP contribution in [0.25, 0.3) is 0 Å². The molecule has 0 spiro atoms. The third-order valence-corrected chi connectivity index (χ3v) is 14.6. The summed E-state index contributed by atoms with van der Waals surface area (Å²) in [5.74, 6) is 0.245. The van der Waals surface area contributed by atoms with Gasteiger partial charge < -0.3 is 0 Å². The summed E-state index contributed by atoms with van der Waals surface area (Å²) in [4.78, 5) is 19.3. The number of hydrogen-bond acceptors (Lipinski definition) is 3. The van der Waals surface area contributed by atoms with Gasteiger partial charge in [-0.1, -0.05) is 17.7 Å². The van der Waals surface area contributed by atoms with Crippen molar-refractivity contribution in [2.75, 3.05) is 43.9 Å². The first kappa shape index (κ1) is 29.4. The van der Waals surface area contributed by atoms with Gasteiger partial charge in [0.1, 0.15) is 0 Å². The summed E-state index contributed by atoms with van der Waals surface area (Å²) in [5, 5.41) is 2.84. The monoisotopic (exact) mass is 584 g/mol. The van der Waals surface area contributed by atoms with Gasteiger partial charge in [-0.05, 0) is 19.9 Å². The van der Waals surface area contributed by atoms with Gasteiger partial charge in [-0.2, -0.15) is 0 Å². The minimum absolute atomic E-state index is 0.245. The third kappa shape index (κ3) is 6.70. The van der Waals surface area contributed by atoms with Crippen LogP contribution in [-0.2, 0) is 16.0 Å². The molecule has 1 aliphatic rings. The van der Waals surface area contributed by atoms with Gasteiger partial charge in [0.25, 0.3) is 0 Å². The molecule has 1 fully saturated rings. The summed E-state index contributed by atoms with van der Waals surface area (Å²) in [6.45, 7) is 9.38. The fraction of sp³-hybridized carbons (Fsp3) is 0.286. The van der Waals surface area contributed by atoms with Crippen LogP contribution in [-0.4, -0.2) is 54.4 Å². The predicted molar refractivity (Wildman–Crippen MR) is 176 cm³/mol. The van der Waals surface area contributed by atoms with E-state index in [1.807, 2.05) is 42.2 Å². The quantitative estimate of drug-likeness (QED) is 0.181. The average molecular weight is 585 g/mol. The van der Waals surface area contributed by atoms with E-state index in [-0.39, 0.29) is 5.91 Å². The average Bonchev–Trinajstić information content (AvgIpc) is 3.01. The fourth-order valence-corrected chi connectivity index (χ4v) is 11.0. The Morgan fingerprint density at radius 3 is 1.98 bits per heavy atom. The number of benzene rings is 4. The Bertz CT molecular complexity index is 1420. The van der Waals surface area contributed by atoms with Crippen LogP contribution in [0, 0.1) is 13.8 Å². The summed E-state index contributed by atoms with van der Waals surface area (Å²) in [5.41, 5.74) is 3.22. The maximum atomic E-state index is 13.6. The van der Waals surface area contributed by atoms with Crippen LogP contribution in [0.2, 0.25) is 0 Å². The number of nitrogens with zero attached hydrogens (tertiary/aromatic N) is 2. The van der Waals surface area contributed by atoms with Gasteiger partial charge in [0.05, 0.1) is 0 Å². The smallest absolute Gasteiger partial charge is 0.00481 e. The van der Waals surface area contributed by atoms with E-state index in [2.05, 4.69) is 91.3 Å². The van der Waals surface area contributed by atoms with Gasteiger partial charge in [0.2, 0.25) is 0 Å². The predicted octanol–water partition coefficient (Wildman–Crippen LogP) is 5.93. The Balaban J connectivity index is 1.20. The number of rotatable bonds is 9. The number of anilines is 1. The Hall–Kier alpha value is -3.11. The molecule has 0 bridgehead atoms. The third-order valence-electron chi connectivity index (χ3n) is 8.46. The van der Waals surface area contributed by atoms with Crippen LogP contribution in [0.1, 0.15) is 24.0 Å². The molecule has 0 aliphatic carbocycles. The van der Waals surface area contributed by atoms with E-state index in [1.165, 1.54) is 16.2 Å². The summed E-state index contributed by atoms with van der Waals surface area (Å²) in [6.07, 6.45) is 2.52. The molecule has 41 heavy (non-hydrogen) atoms. The molecule has 0 saturated carbocycles. The minimum atomic E-state index is -1.93. The Morgan fingerprint density at radius 2 is 1.37 bits per heavy atom. The molecule has 0 radical (unpaired) electrons. The molecule has 214 valence electrons. The van der Waals surface area contributed by atoms with Crippen LogP contribution in [0.3, 0.4) is 0 Å². The molecular weight excluding hydrogens is 543 g/mol. The summed E-state index contributed by atoms with van der Waals surface area (Å²) < 4.78 is 13.6. The summed E-state index contributed by atoms with van der Waals surface area (Å²) in [7, 11) is -1.93. The van der Waals surface area contributed by atoms with Crippen molar-refractivity contribution in [1.82, 2.24) is 4.90 Å². The van der Waals surface area contributed by atoms with Crippen molar-refractivity contribution in [3.8, 4) is 0 Å². The molecule has 0 N–H and O–H groups in total. The van der Waals surface area contributed by atoms with Crippen molar-refractivity contribution in [3.63, 3.8) is 0 Å². The summed E-state index contributed by atoms with van der Waals surface area (Å²) in [6, 6.07) is 35.8. The van der Waals surface area contributed by atoms with E-state index in [4.69, 9.17) is 0 Å². The molecule has 4 aromatic carbocycles. The molecule has 1 aliphatic heterocycles. The largest absolute Gasteiger partial charge is 0.0514 e. The molecule has 1 unspecified atom stereocenters. The molecule has 1 saturated heterocycles. The van der Waals surface area contributed by atoms with E-state index in [0.29, 0.717) is 19.5 Å². The molecule has 1 atom stereocenters. The summed E-state index contributed by atoms with van der Waals surface area (Å²) >= 11 is -1.26. The Kier molecular flexibility index (Phi) is 9.49. The van der Waals surface area contributed by atoms with Gasteiger partial charge in [-0.15, -0.1) is 0 Å². The van der Waals surface area contributed by atoms with Crippen LogP contribution in [0.15, 0.2) is 113 Å². The van der Waals surface area contributed by atoms with E-state index in [0.717, 1.165) is 46.7 Å².